The summed E-state index contributed by atoms with van der Waals surface area (Å²) in [6.07, 6.45) is 0.963. The van der Waals surface area contributed by atoms with Crippen LogP contribution in [0.5, 0.6) is 0 Å². The zero-order chi connectivity index (χ0) is 10.1. The van der Waals surface area contributed by atoms with Crippen molar-refractivity contribution in [2.24, 2.45) is 5.73 Å². The zero-order valence-corrected chi connectivity index (χ0v) is 7.86. The number of anilines is 1. The predicted octanol–water partition coefficient (Wildman–Crippen LogP) is 0.168. The summed E-state index contributed by atoms with van der Waals surface area (Å²) >= 11 is 0. The minimum atomic E-state index is 0.218. The van der Waals surface area contributed by atoms with Gasteiger partial charge in [-0.05, 0) is 13.3 Å². The Kier molecular flexibility index (Phi) is 2.06. The van der Waals surface area contributed by atoms with E-state index in [1.165, 1.54) is 0 Å². The second-order valence-electron chi connectivity index (χ2n) is 3.45. The molecule has 1 heterocycles. The van der Waals surface area contributed by atoms with Crippen LogP contribution in [0.1, 0.15) is 17.9 Å². The molecule has 0 aliphatic heterocycles. The Hall–Kier alpha value is -1.67. The van der Waals surface area contributed by atoms with Gasteiger partial charge in [0.1, 0.15) is 23.4 Å². The van der Waals surface area contributed by atoms with Crippen molar-refractivity contribution in [3.8, 4) is 6.07 Å². The highest BCUT2D eigenvalue weighted by molar-refractivity contribution is 5.42. The molecule has 14 heavy (non-hydrogen) atoms. The van der Waals surface area contributed by atoms with Gasteiger partial charge in [0.2, 0.25) is 0 Å². The number of nitrogens with two attached hydrogens (primary N) is 1. The second-order valence-corrected chi connectivity index (χ2v) is 3.45. The second kappa shape index (κ2) is 3.24. The summed E-state index contributed by atoms with van der Waals surface area (Å²) in [5.41, 5.74) is 6.04. The minimum Gasteiger partial charge on any atom is -0.366 e. The molecule has 0 aromatic carbocycles. The van der Waals surface area contributed by atoms with Gasteiger partial charge in [0, 0.05) is 18.2 Å². The van der Waals surface area contributed by atoms with E-state index in [-0.39, 0.29) is 6.04 Å². The molecule has 1 aromatic heterocycles. The largest absolute Gasteiger partial charge is 0.366 e. The van der Waals surface area contributed by atoms with Gasteiger partial charge in [0.05, 0.1) is 0 Å². The van der Waals surface area contributed by atoms with Crippen LogP contribution in [-0.4, -0.2) is 22.1 Å². The zero-order valence-electron chi connectivity index (χ0n) is 7.86. The van der Waals surface area contributed by atoms with Crippen molar-refractivity contribution in [3.63, 3.8) is 0 Å². The molecule has 0 saturated heterocycles. The van der Waals surface area contributed by atoms with Crippen LogP contribution in [0.3, 0.4) is 0 Å². The maximum absolute atomic E-state index is 8.70. The molecule has 2 atom stereocenters. The van der Waals surface area contributed by atoms with Crippen molar-refractivity contribution in [2.75, 3.05) is 5.32 Å². The SMILES string of the molecule is Cc1nc(C#N)cc(NC2CC2N)n1. The number of nitriles is 1. The van der Waals surface area contributed by atoms with E-state index in [0.29, 0.717) is 23.4 Å². The molecule has 1 aliphatic carbocycles. The summed E-state index contributed by atoms with van der Waals surface area (Å²) in [6.45, 7) is 1.76. The third-order valence-electron chi connectivity index (χ3n) is 2.13. The lowest BCUT2D eigenvalue weighted by Gasteiger charge is -2.04. The van der Waals surface area contributed by atoms with Crippen LogP contribution in [0.4, 0.5) is 5.82 Å². The smallest absolute Gasteiger partial charge is 0.146 e. The van der Waals surface area contributed by atoms with E-state index in [9.17, 15) is 0 Å². The first-order valence-corrected chi connectivity index (χ1v) is 4.47. The summed E-state index contributed by atoms with van der Waals surface area (Å²) in [5, 5.41) is 11.8. The molecular formula is C9H11N5. The van der Waals surface area contributed by atoms with E-state index in [4.69, 9.17) is 11.0 Å². The van der Waals surface area contributed by atoms with Gasteiger partial charge in [-0.2, -0.15) is 5.26 Å². The van der Waals surface area contributed by atoms with E-state index in [1.807, 2.05) is 6.07 Å². The average molecular weight is 189 g/mol. The molecule has 0 bridgehead atoms. The fourth-order valence-electron chi connectivity index (χ4n) is 1.27. The lowest BCUT2D eigenvalue weighted by molar-refractivity contribution is 0.971. The highest BCUT2D eigenvalue weighted by Crippen LogP contribution is 2.22. The Labute approximate surface area is 82.0 Å². The van der Waals surface area contributed by atoms with E-state index in [1.54, 1.807) is 13.0 Å². The Bertz CT molecular complexity index is 395. The van der Waals surface area contributed by atoms with E-state index < -0.39 is 0 Å². The summed E-state index contributed by atoms with van der Waals surface area (Å²) in [4.78, 5) is 8.12. The van der Waals surface area contributed by atoms with Crippen molar-refractivity contribution >= 4 is 5.82 Å². The first kappa shape index (κ1) is 8.91. The molecule has 72 valence electrons. The molecular weight excluding hydrogens is 178 g/mol. The first-order valence-electron chi connectivity index (χ1n) is 4.47. The van der Waals surface area contributed by atoms with Gasteiger partial charge in [0.25, 0.3) is 0 Å². The summed E-state index contributed by atoms with van der Waals surface area (Å²) in [6, 6.07) is 4.15. The summed E-state index contributed by atoms with van der Waals surface area (Å²) < 4.78 is 0. The predicted molar refractivity (Wildman–Crippen MR) is 51.5 cm³/mol. The lowest BCUT2D eigenvalue weighted by atomic mass is 10.4. The summed E-state index contributed by atoms with van der Waals surface area (Å²) in [5.74, 6) is 1.28. The van der Waals surface area contributed by atoms with Crippen molar-refractivity contribution in [2.45, 2.75) is 25.4 Å². The van der Waals surface area contributed by atoms with Gasteiger partial charge in [-0.25, -0.2) is 9.97 Å². The number of nitrogens with one attached hydrogen (secondary N) is 1. The number of hydrogen-bond donors (Lipinski definition) is 2. The van der Waals surface area contributed by atoms with Gasteiger partial charge < -0.3 is 11.1 Å². The molecule has 1 aliphatic rings. The molecule has 0 radical (unpaired) electrons. The number of aromatic nitrogens is 2. The quantitative estimate of drug-likeness (QED) is 0.692. The van der Waals surface area contributed by atoms with Gasteiger partial charge in [-0.15, -0.1) is 0 Å². The molecule has 1 fully saturated rings. The normalized spacial score (nSPS) is 24.1. The molecule has 0 spiro atoms. The van der Waals surface area contributed by atoms with Crippen molar-refractivity contribution in [3.05, 3.63) is 17.6 Å². The average Bonchev–Trinajstić information content (AvgIpc) is 2.80. The number of aryl methyl sites for hydroxylation is 1. The monoisotopic (exact) mass is 189 g/mol. The highest BCUT2D eigenvalue weighted by Gasteiger charge is 2.33. The Morgan fingerprint density at radius 2 is 2.36 bits per heavy atom. The molecule has 1 aromatic rings. The highest BCUT2D eigenvalue weighted by atomic mass is 15.1. The molecule has 2 unspecified atom stereocenters. The minimum absolute atomic E-state index is 0.218. The van der Waals surface area contributed by atoms with Crippen LogP contribution >= 0.6 is 0 Å². The van der Waals surface area contributed by atoms with Crippen molar-refractivity contribution in [1.29, 1.82) is 5.26 Å². The van der Waals surface area contributed by atoms with Crippen LogP contribution < -0.4 is 11.1 Å². The van der Waals surface area contributed by atoms with E-state index in [2.05, 4.69) is 15.3 Å². The summed E-state index contributed by atoms with van der Waals surface area (Å²) in [7, 11) is 0. The van der Waals surface area contributed by atoms with Crippen molar-refractivity contribution < 1.29 is 0 Å². The van der Waals surface area contributed by atoms with Gasteiger partial charge >= 0.3 is 0 Å². The van der Waals surface area contributed by atoms with E-state index >= 15 is 0 Å². The molecule has 1 saturated carbocycles. The molecule has 0 amide bonds. The topological polar surface area (TPSA) is 87.6 Å². The van der Waals surface area contributed by atoms with Crippen LogP contribution in [0, 0.1) is 18.3 Å². The Morgan fingerprint density at radius 1 is 1.64 bits per heavy atom. The first-order chi connectivity index (χ1) is 6.69. The number of rotatable bonds is 2. The third-order valence-corrected chi connectivity index (χ3v) is 2.13. The number of hydrogen-bond acceptors (Lipinski definition) is 5. The van der Waals surface area contributed by atoms with Gasteiger partial charge in [-0.3, -0.25) is 0 Å². The van der Waals surface area contributed by atoms with Crippen molar-refractivity contribution in [1.82, 2.24) is 9.97 Å². The maximum atomic E-state index is 8.70. The Balaban J connectivity index is 2.17. The van der Waals surface area contributed by atoms with Crippen LogP contribution in [0.2, 0.25) is 0 Å². The maximum Gasteiger partial charge on any atom is 0.146 e. The van der Waals surface area contributed by atoms with Gasteiger partial charge in [-0.1, -0.05) is 0 Å². The molecule has 2 rings (SSSR count). The van der Waals surface area contributed by atoms with Crippen LogP contribution in [0.15, 0.2) is 6.07 Å². The fraction of sp³-hybridized carbons (Fsp3) is 0.444. The molecule has 5 nitrogen and oxygen atoms in total. The van der Waals surface area contributed by atoms with Gasteiger partial charge in [0.15, 0.2) is 0 Å². The third kappa shape index (κ3) is 1.80. The number of nitrogens with zero attached hydrogens (tertiary/aromatic N) is 3. The van der Waals surface area contributed by atoms with Crippen LogP contribution in [0.25, 0.3) is 0 Å². The van der Waals surface area contributed by atoms with Crippen LogP contribution in [-0.2, 0) is 0 Å². The standard InChI is InChI=1S/C9H11N5/c1-5-12-6(4-10)2-9(13-5)14-8-3-7(8)11/h2,7-8H,3,11H2,1H3,(H,12,13,14). The lowest BCUT2D eigenvalue weighted by Crippen LogP contribution is -2.14. The fourth-order valence-corrected chi connectivity index (χ4v) is 1.27. The molecule has 3 N–H and O–H groups in total. The molecule has 5 heteroatoms. The Morgan fingerprint density at radius 3 is 2.93 bits per heavy atom. The van der Waals surface area contributed by atoms with E-state index in [0.717, 1.165) is 6.42 Å².